The van der Waals surface area contributed by atoms with Crippen LogP contribution in [-0.2, 0) is 0 Å². The van der Waals surface area contributed by atoms with E-state index in [0.717, 1.165) is 32.7 Å². The molecular weight excluding hydrogens is 338 g/mol. The SMILES string of the molecule is CC(CN1CCN(C)CC1)Nc1cnn(-c2ccccc2)c(=O)c1Cl. The minimum Gasteiger partial charge on any atom is -0.379 e. The Kier molecular flexibility index (Phi) is 5.73. The minimum absolute atomic E-state index is 0.170. The second-order valence-electron chi connectivity index (χ2n) is 6.57. The minimum atomic E-state index is -0.315. The van der Waals surface area contributed by atoms with Crippen LogP contribution < -0.4 is 10.9 Å². The second-order valence-corrected chi connectivity index (χ2v) is 6.95. The highest BCUT2D eigenvalue weighted by molar-refractivity contribution is 6.32. The molecule has 134 valence electrons. The van der Waals surface area contributed by atoms with E-state index in [1.807, 2.05) is 30.3 Å². The third-order valence-electron chi connectivity index (χ3n) is 4.45. The smallest absolute Gasteiger partial charge is 0.292 e. The first-order valence-corrected chi connectivity index (χ1v) is 8.93. The highest BCUT2D eigenvalue weighted by Crippen LogP contribution is 2.18. The van der Waals surface area contributed by atoms with E-state index in [2.05, 4.69) is 34.2 Å². The molecule has 1 aliphatic heterocycles. The number of nitrogens with one attached hydrogen (secondary N) is 1. The highest BCUT2D eigenvalue weighted by atomic mass is 35.5. The highest BCUT2D eigenvalue weighted by Gasteiger charge is 2.17. The number of hydrogen-bond acceptors (Lipinski definition) is 5. The van der Waals surface area contributed by atoms with E-state index >= 15 is 0 Å². The van der Waals surface area contributed by atoms with Crippen LogP contribution in [0.4, 0.5) is 5.69 Å². The van der Waals surface area contributed by atoms with Gasteiger partial charge in [-0.25, -0.2) is 0 Å². The van der Waals surface area contributed by atoms with Gasteiger partial charge in [-0.2, -0.15) is 9.78 Å². The van der Waals surface area contributed by atoms with Crippen LogP contribution in [0, 0.1) is 0 Å². The van der Waals surface area contributed by atoms with E-state index in [0.29, 0.717) is 11.4 Å². The van der Waals surface area contributed by atoms with Crippen LogP contribution in [0.5, 0.6) is 0 Å². The van der Waals surface area contributed by atoms with Gasteiger partial charge in [-0.1, -0.05) is 29.8 Å². The first-order chi connectivity index (χ1) is 12.0. The van der Waals surface area contributed by atoms with Crippen molar-refractivity contribution in [1.82, 2.24) is 19.6 Å². The largest absolute Gasteiger partial charge is 0.379 e. The van der Waals surface area contributed by atoms with Gasteiger partial charge in [-0.05, 0) is 26.1 Å². The summed E-state index contributed by atoms with van der Waals surface area (Å²) in [5.74, 6) is 0. The van der Waals surface area contributed by atoms with Crippen molar-refractivity contribution in [2.24, 2.45) is 0 Å². The van der Waals surface area contributed by atoms with Gasteiger partial charge < -0.3 is 10.2 Å². The number of anilines is 1. The monoisotopic (exact) mass is 361 g/mol. The van der Waals surface area contributed by atoms with Crippen molar-refractivity contribution in [1.29, 1.82) is 0 Å². The molecule has 0 spiro atoms. The summed E-state index contributed by atoms with van der Waals surface area (Å²) in [6, 6.07) is 9.45. The number of para-hydroxylation sites is 1. The molecule has 3 rings (SSSR count). The zero-order valence-corrected chi connectivity index (χ0v) is 15.4. The van der Waals surface area contributed by atoms with Gasteiger partial charge >= 0.3 is 0 Å². The summed E-state index contributed by atoms with van der Waals surface area (Å²) in [5, 5.41) is 7.75. The number of halogens is 1. The molecule has 1 aliphatic rings. The lowest BCUT2D eigenvalue weighted by Crippen LogP contribution is -2.47. The maximum Gasteiger partial charge on any atom is 0.292 e. The first-order valence-electron chi connectivity index (χ1n) is 8.55. The number of nitrogens with zero attached hydrogens (tertiary/aromatic N) is 4. The summed E-state index contributed by atoms with van der Waals surface area (Å²) in [6.45, 7) is 7.29. The first kappa shape index (κ1) is 17.9. The van der Waals surface area contributed by atoms with Gasteiger partial charge in [0.2, 0.25) is 0 Å². The number of benzene rings is 1. The normalized spacial score (nSPS) is 17.4. The van der Waals surface area contributed by atoms with Gasteiger partial charge in [0.25, 0.3) is 5.56 Å². The molecule has 1 fully saturated rings. The summed E-state index contributed by atoms with van der Waals surface area (Å²) >= 11 is 6.30. The Morgan fingerprint density at radius 1 is 1.20 bits per heavy atom. The number of aromatic nitrogens is 2. The van der Waals surface area contributed by atoms with Crippen LogP contribution in [-0.4, -0.2) is 65.4 Å². The Morgan fingerprint density at radius 3 is 2.56 bits per heavy atom. The second kappa shape index (κ2) is 7.99. The molecule has 1 saturated heterocycles. The van der Waals surface area contributed by atoms with E-state index in [4.69, 9.17) is 11.6 Å². The van der Waals surface area contributed by atoms with Crippen molar-refractivity contribution in [2.75, 3.05) is 45.1 Å². The fourth-order valence-electron chi connectivity index (χ4n) is 3.02. The molecule has 1 atom stereocenters. The van der Waals surface area contributed by atoms with Gasteiger partial charge in [0.1, 0.15) is 5.02 Å². The lowest BCUT2D eigenvalue weighted by Gasteiger charge is -2.34. The maximum atomic E-state index is 12.5. The zero-order valence-electron chi connectivity index (χ0n) is 14.7. The molecule has 0 aliphatic carbocycles. The molecule has 1 aromatic carbocycles. The van der Waals surface area contributed by atoms with E-state index in [9.17, 15) is 4.79 Å². The molecule has 6 nitrogen and oxygen atoms in total. The van der Waals surface area contributed by atoms with E-state index in [1.165, 1.54) is 4.68 Å². The lowest BCUT2D eigenvalue weighted by atomic mass is 10.2. The summed E-state index contributed by atoms with van der Waals surface area (Å²) in [5.41, 5.74) is 0.969. The summed E-state index contributed by atoms with van der Waals surface area (Å²) in [6.07, 6.45) is 1.62. The van der Waals surface area contributed by atoms with Crippen molar-refractivity contribution in [3.8, 4) is 5.69 Å². The molecule has 25 heavy (non-hydrogen) atoms. The van der Waals surface area contributed by atoms with E-state index in [1.54, 1.807) is 6.20 Å². The molecule has 1 N–H and O–H groups in total. The van der Waals surface area contributed by atoms with Crippen LogP contribution in [0.25, 0.3) is 5.69 Å². The quantitative estimate of drug-likeness (QED) is 0.882. The van der Waals surface area contributed by atoms with Crippen LogP contribution in [0.1, 0.15) is 6.92 Å². The molecule has 0 amide bonds. The topological polar surface area (TPSA) is 53.4 Å². The Hall–Kier alpha value is -1.89. The number of likely N-dealkylation sites (N-methyl/N-ethyl adjacent to an activating group) is 1. The Morgan fingerprint density at radius 2 is 1.88 bits per heavy atom. The average Bonchev–Trinajstić information content (AvgIpc) is 2.62. The predicted molar refractivity (Wildman–Crippen MR) is 102 cm³/mol. The molecule has 0 radical (unpaired) electrons. The van der Waals surface area contributed by atoms with Gasteiger partial charge in [0, 0.05) is 38.8 Å². The van der Waals surface area contributed by atoms with Gasteiger partial charge in [0.15, 0.2) is 0 Å². The molecular formula is C18H24ClN5O. The zero-order chi connectivity index (χ0) is 17.8. The molecule has 0 saturated carbocycles. The van der Waals surface area contributed by atoms with Crippen LogP contribution >= 0.6 is 11.6 Å². The molecule has 2 heterocycles. The fraction of sp³-hybridized carbons (Fsp3) is 0.444. The Balaban J connectivity index is 1.69. The summed E-state index contributed by atoms with van der Waals surface area (Å²) in [4.78, 5) is 17.3. The van der Waals surface area contributed by atoms with E-state index < -0.39 is 0 Å². The Bertz CT molecular complexity index is 756. The fourth-order valence-corrected chi connectivity index (χ4v) is 3.20. The van der Waals surface area contributed by atoms with E-state index in [-0.39, 0.29) is 16.6 Å². The number of piperazine rings is 1. The third kappa shape index (κ3) is 4.39. The van der Waals surface area contributed by atoms with Crippen molar-refractivity contribution in [3.05, 3.63) is 51.9 Å². The van der Waals surface area contributed by atoms with Crippen LogP contribution in [0.15, 0.2) is 41.3 Å². The Labute approximate surface area is 153 Å². The van der Waals surface area contributed by atoms with Crippen LogP contribution in [0.3, 0.4) is 0 Å². The van der Waals surface area contributed by atoms with Gasteiger partial charge in [0.05, 0.1) is 17.6 Å². The molecule has 2 aromatic rings. The van der Waals surface area contributed by atoms with Crippen molar-refractivity contribution in [2.45, 2.75) is 13.0 Å². The van der Waals surface area contributed by atoms with Crippen molar-refractivity contribution in [3.63, 3.8) is 0 Å². The van der Waals surface area contributed by atoms with Crippen LogP contribution in [0.2, 0.25) is 5.02 Å². The van der Waals surface area contributed by atoms with Crippen molar-refractivity contribution >= 4 is 17.3 Å². The maximum absolute atomic E-state index is 12.5. The molecule has 1 unspecified atom stereocenters. The summed E-state index contributed by atoms with van der Waals surface area (Å²) < 4.78 is 1.32. The van der Waals surface area contributed by atoms with Gasteiger partial charge in [-0.15, -0.1) is 0 Å². The number of hydrogen-bond donors (Lipinski definition) is 1. The molecule has 7 heteroatoms. The van der Waals surface area contributed by atoms with Crippen molar-refractivity contribution < 1.29 is 0 Å². The average molecular weight is 362 g/mol. The third-order valence-corrected chi connectivity index (χ3v) is 4.81. The number of rotatable bonds is 5. The standard InChI is InChI=1S/C18H24ClN5O/c1-14(13-23-10-8-22(2)9-11-23)21-16-12-20-24(18(25)17(16)19)15-6-4-3-5-7-15/h3-7,12,14,21H,8-11,13H2,1-2H3. The molecule has 0 bridgehead atoms. The summed E-state index contributed by atoms with van der Waals surface area (Å²) in [7, 11) is 2.15. The van der Waals surface area contributed by atoms with Gasteiger partial charge in [-0.3, -0.25) is 9.69 Å². The predicted octanol–water partition coefficient (Wildman–Crippen LogP) is 1.93. The molecule has 1 aromatic heterocycles. The lowest BCUT2D eigenvalue weighted by molar-refractivity contribution is 0.151.